The molecule has 21 heavy (non-hydrogen) atoms. The Labute approximate surface area is 125 Å². The van der Waals surface area contributed by atoms with Gasteiger partial charge in [-0.25, -0.2) is 0 Å². The fourth-order valence-corrected chi connectivity index (χ4v) is 2.02. The Balaban J connectivity index is 3.16. The van der Waals surface area contributed by atoms with Crippen LogP contribution in [-0.2, 0) is 16.0 Å². The molecule has 116 valence electrons. The largest absolute Gasteiger partial charge is 0.493 e. The highest BCUT2D eigenvalue weighted by Gasteiger charge is 2.16. The summed E-state index contributed by atoms with van der Waals surface area (Å²) >= 11 is 0. The van der Waals surface area contributed by atoms with Crippen molar-refractivity contribution in [1.82, 2.24) is 0 Å². The topological polar surface area (TPSA) is 61.8 Å². The Hall–Kier alpha value is -2.04. The van der Waals surface area contributed by atoms with Gasteiger partial charge in [0.25, 0.3) is 0 Å². The maximum absolute atomic E-state index is 11.3. The Morgan fingerprint density at radius 3 is 2.24 bits per heavy atom. The number of methoxy groups -OCH3 is 1. The van der Waals surface area contributed by atoms with Crippen LogP contribution in [0.2, 0.25) is 0 Å². The number of rotatable bonds is 7. The molecule has 0 aliphatic heterocycles. The number of hydrogen-bond acceptors (Lipinski definition) is 5. The smallest absolute Gasteiger partial charge is 0.308 e. The minimum Gasteiger partial charge on any atom is -0.493 e. The number of esters is 2. The van der Waals surface area contributed by atoms with E-state index in [1.54, 1.807) is 12.1 Å². The van der Waals surface area contributed by atoms with E-state index in [0.29, 0.717) is 17.2 Å². The van der Waals surface area contributed by atoms with Crippen LogP contribution in [0, 0.1) is 0 Å². The van der Waals surface area contributed by atoms with Gasteiger partial charge >= 0.3 is 11.9 Å². The summed E-state index contributed by atoms with van der Waals surface area (Å²) in [4.78, 5) is 22.4. The molecular formula is C16H22O5. The second-order valence-electron chi connectivity index (χ2n) is 4.76. The molecular weight excluding hydrogens is 272 g/mol. The van der Waals surface area contributed by atoms with Crippen LogP contribution in [0.3, 0.4) is 0 Å². The first-order valence-corrected chi connectivity index (χ1v) is 7.05. The summed E-state index contributed by atoms with van der Waals surface area (Å²) in [5, 5.41) is 0. The SMILES string of the molecule is CCCCCc1cc(OC(C)=O)cc(OC)c1OC(C)=O. The molecule has 0 saturated heterocycles. The molecule has 5 nitrogen and oxygen atoms in total. The second-order valence-corrected chi connectivity index (χ2v) is 4.76. The number of carbonyl (C=O) groups is 2. The maximum Gasteiger partial charge on any atom is 0.308 e. The molecule has 0 bridgehead atoms. The van der Waals surface area contributed by atoms with Gasteiger partial charge in [0.15, 0.2) is 11.5 Å². The standard InChI is InChI=1S/C16H22O5/c1-5-6-7-8-13-9-14(20-11(2)17)10-15(19-4)16(13)21-12(3)18/h9-10H,5-8H2,1-4H3. The molecule has 0 aliphatic rings. The van der Waals surface area contributed by atoms with Gasteiger partial charge in [0.05, 0.1) is 7.11 Å². The van der Waals surface area contributed by atoms with Gasteiger partial charge in [-0.3, -0.25) is 9.59 Å². The van der Waals surface area contributed by atoms with E-state index in [-0.39, 0.29) is 0 Å². The van der Waals surface area contributed by atoms with Crippen LogP contribution in [0.5, 0.6) is 17.2 Å². The van der Waals surface area contributed by atoms with Crippen molar-refractivity contribution < 1.29 is 23.8 Å². The van der Waals surface area contributed by atoms with Crippen LogP contribution >= 0.6 is 0 Å². The molecule has 0 heterocycles. The van der Waals surface area contributed by atoms with Crippen LogP contribution in [0.1, 0.15) is 45.6 Å². The van der Waals surface area contributed by atoms with E-state index in [1.165, 1.54) is 21.0 Å². The van der Waals surface area contributed by atoms with Gasteiger partial charge in [0.2, 0.25) is 0 Å². The predicted molar refractivity (Wildman–Crippen MR) is 78.8 cm³/mol. The van der Waals surface area contributed by atoms with Crippen molar-refractivity contribution in [2.24, 2.45) is 0 Å². The van der Waals surface area contributed by atoms with E-state index >= 15 is 0 Å². The van der Waals surface area contributed by atoms with Crippen LogP contribution < -0.4 is 14.2 Å². The zero-order valence-corrected chi connectivity index (χ0v) is 13.0. The van der Waals surface area contributed by atoms with Gasteiger partial charge < -0.3 is 14.2 Å². The van der Waals surface area contributed by atoms with Crippen molar-refractivity contribution in [3.8, 4) is 17.2 Å². The molecule has 1 rings (SSSR count). The van der Waals surface area contributed by atoms with Gasteiger partial charge in [-0.1, -0.05) is 19.8 Å². The first-order valence-electron chi connectivity index (χ1n) is 7.05. The fourth-order valence-electron chi connectivity index (χ4n) is 2.02. The quantitative estimate of drug-likeness (QED) is 0.439. The summed E-state index contributed by atoms with van der Waals surface area (Å²) in [6.45, 7) is 4.79. The number of carbonyl (C=O) groups excluding carboxylic acids is 2. The highest BCUT2D eigenvalue weighted by atomic mass is 16.6. The predicted octanol–water partition coefficient (Wildman–Crippen LogP) is 3.28. The molecule has 0 aromatic heterocycles. The Kier molecular flexibility index (Phi) is 6.72. The minimum absolute atomic E-state index is 0.385. The molecule has 0 aliphatic carbocycles. The van der Waals surface area contributed by atoms with E-state index < -0.39 is 11.9 Å². The molecule has 1 aromatic carbocycles. The molecule has 5 heteroatoms. The molecule has 0 unspecified atom stereocenters. The fraction of sp³-hybridized carbons (Fsp3) is 0.500. The first-order chi connectivity index (χ1) is 9.97. The zero-order chi connectivity index (χ0) is 15.8. The summed E-state index contributed by atoms with van der Waals surface area (Å²) < 4.78 is 15.6. The lowest BCUT2D eigenvalue weighted by atomic mass is 10.0. The van der Waals surface area contributed by atoms with Crippen molar-refractivity contribution in [1.29, 1.82) is 0 Å². The highest BCUT2D eigenvalue weighted by Crippen LogP contribution is 2.37. The number of unbranched alkanes of at least 4 members (excludes halogenated alkanes) is 2. The van der Waals surface area contributed by atoms with Crippen molar-refractivity contribution >= 4 is 11.9 Å². The van der Waals surface area contributed by atoms with E-state index in [4.69, 9.17) is 14.2 Å². The number of benzene rings is 1. The molecule has 0 N–H and O–H groups in total. The van der Waals surface area contributed by atoms with Gasteiger partial charge in [-0.05, 0) is 18.9 Å². The normalized spacial score (nSPS) is 10.1. The van der Waals surface area contributed by atoms with Gasteiger partial charge in [0, 0.05) is 25.5 Å². The number of ether oxygens (including phenoxy) is 3. The Morgan fingerprint density at radius 1 is 1.05 bits per heavy atom. The van der Waals surface area contributed by atoms with Crippen LogP contribution in [0.15, 0.2) is 12.1 Å². The zero-order valence-electron chi connectivity index (χ0n) is 13.0. The van der Waals surface area contributed by atoms with Crippen LogP contribution in [-0.4, -0.2) is 19.0 Å². The molecule has 1 aromatic rings. The van der Waals surface area contributed by atoms with Gasteiger partial charge in [0.1, 0.15) is 5.75 Å². The average Bonchev–Trinajstić information content (AvgIpc) is 2.40. The summed E-state index contributed by atoms with van der Waals surface area (Å²) in [5.41, 5.74) is 0.800. The van der Waals surface area contributed by atoms with Crippen LogP contribution in [0.25, 0.3) is 0 Å². The Morgan fingerprint density at radius 2 is 1.71 bits per heavy atom. The van der Waals surface area contributed by atoms with E-state index in [0.717, 1.165) is 31.2 Å². The lowest BCUT2D eigenvalue weighted by Gasteiger charge is -2.15. The Bertz CT molecular complexity index is 508. The molecule has 0 atom stereocenters. The van der Waals surface area contributed by atoms with E-state index in [9.17, 15) is 9.59 Å². The second kappa shape index (κ2) is 8.29. The van der Waals surface area contributed by atoms with Crippen LogP contribution in [0.4, 0.5) is 0 Å². The third-order valence-electron chi connectivity index (χ3n) is 2.88. The number of hydrogen-bond donors (Lipinski definition) is 0. The molecule has 0 spiro atoms. The molecule has 0 saturated carbocycles. The lowest BCUT2D eigenvalue weighted by molar-refractivity contribution is -0.133. The lowest BCUT2D eigenvalue weighted by Crippen LogP contribution is -2.08. The van der Waals surface area contributed by atoms with Gasteiger partial charge in [-0.15, -0.1) is 0 Å². The molecule has 0 radical (unpaired) electrons. The number of aryl methyl sites for hydroxylation is 1. The van der Waals surface area contributed by atoms with Crippen molar-refractivity contribution in [3.63, 3.8) is 0 Å². The summed E-state index contributed by atoms with van der Waals surface area (Å²) in [7, 11) is 1.48. The van der Waals surface area contributed by atoms with Gasteiger partial charge in [-0.2, -0.15) is 0 Å². The summed E-state index contributed by atoms with van der Waals surface area (Å²) in [6.07, 6.45) is 3.84. The van der Waals surface area contributed by atoms with E-state index in [2.05, 4.69) is 6.92 Å². The monoisotopic (exact) mass is 294 g/mol. The summed E-state index contributed by atoms with van der Waals surface area (Å²) in [5.74, 6) is 0.358. The van der Waals surface area contributed by atoms with E-state index in [1.807, 2.05) is 0 Å². The molecule has 0 fully saturated rings. The minimum atomic E-state index is -0.412. The molecule has 0 amide bonds. The third kappa shape index (κ3) is 5.45. The highest BCUT2D eigenvalue weighted by molar-refractivity contribution is 5.73. The van der Waals surface area contributed by atoms with Crippen molar-refractivity contribution in [3.05, 3.63) is 17.7 Å². The third-order valence-corrected chi connectivity index (χ3v) is 2.88. The maximum atomic E-state index is 11.3. The average molecular weight is 294 g/mol. The summed E-state index contributed by atoms with van der Waals surface area (Å²) in [6, 6.07) is 3.26. The first kappa shape index (κ1) is 17.0. The van der Waals surface area contributed by atoms with Crippen molar-refractivity contribution in [2.45, 2.75) is 46.5 Å². The van der Waals surface area contributed by atoms with Crippen molar-refractivity contribution in [2.75, 3.05) is 7.11 Å².